The lowest BCUT2D eigenvalue weighted by atomic mass is 10.2. The maximum absolute atomic E-state index is 12.5. The van der Waals surface area contributed by atoms with Crippen LogP contribution in [0.3, 0.4) is 0 Å². The Balaban J connectivity index is 1.38. The Morgan fingerprint density at radius 2 is 1.59 bits per heavy atom. The van der Waals surface area contributed by atoms with Crippen molar-refractivity contribution in [3.05, 3.63) is 60.0 Å². The molecule has 3 aromatic rings. The molecule has 3 heterocycles. The normalized spacial score (nSPS) is 14.4. The van der Waals surface area contributed by atoms with Crippen LogP contribution in [0.5, 0.6) is 0 Å². The molecule has 2 N–H and O–H groups in total. The van der Waals surface area contributed by atoms with Crippen LogP contribution in [0.1, 0.15) is 41.7 Å². The van der Waals surface area contributed by atoms with E-state index in [2.05, 4.69) is 15.6 Å². The van der Waals surface area contributed by atoms with Gasteiger partial charge in [-0.1, -0.05) is 12.8 Å². The number of amides is 3. The molecule has 4 rings (SSSR count). The molecule has 1 fully saturated rings. The van der Waals surface area contributed by atoms with Crippen molar-refractivity contribution in [2.75, 3.05) is 23.7 Å². The first-order chi connectivity index (χ1) is 14.1. The van der Waals surface area contributed by atoms with Gasteiger partial charge in [0.25, 0.3) is 5.91 Å². The Bertz CT molecular complexity index is 1020. The van der Waals surface area contributed by atoms with E-state index < -0.39 is 0 Å². The zero-order valence-corrected chi connectivity index (χ0v) is 16.5. The summed E-state index contributed by atoms with van der Waals surface area (Å²) in [7, 11) is 0. The van der Waals surface area contributed by atoms with Crippen LogP contribution < -0.4 is 10.6 Å². The van der Waals surface area contributed by atoms with Gasteiger partial charge in [0.1, 0.15) is 11.3 Å². The molecule has 0 spiro atoms. The Kier molecular flexibility index (Phi) is 5.46. The van der Waals surface area contributed by atoms with Crippen molar-refractivity contribution in [2.45, 2.75) is 32.6 Å². The molecule has 1 aromatic carbocycles. The molecule has 0 aliphatic carbocycles. The maximum Gasteiger partial charge on any atom is 0.321 e. The van der Waals surface area contributed by atoms with Gasteiger partial charge in [-0.05, 0) is 61.7 Å². The molecule has 0 unspecified atom stereocenters. The summed E-state index contributed by atoms with van der Waals surface area (Å²) >= 11 is 0. The number of carbonyl (C=O) groups is 2. The highest BCUT2D eigenvalue weighted by atomic mass is 16.2. The first kappa shape index (κ1) is 19.0. The van der Waals surface area contributed by atoms with Gasteiger partial charge in [0.2, 0.25) is 0 Å². The van der Waals surface area contributed by atoms with Gasteiger partial charge in [-0.2, -0.15) is 0 Å². The minimum absolute atomic E-state index is 0.0660. The largest absolute Gasteiger partial charge is 0.325 e. The number of anilines is 2. The second-order valence-corrected chi connectivity index (χ2v) is 7.46. The fraction of sp³-hybridized carbons (Fsp3) is 0.318. The SMILES string of the molecule is Cc1ccn2cc(C(=O)Nc3ccc(NC(=O)N4CCCCCC4)cc3)nc2c1. The number of pyridine rings is 1. The highest BCUT2D eigenvalue weighted by Gasteiger charge is 2.16. The van der Waals surface area contributed by atoms with Gasteiger partial charge in [-0.25, -0.2) is 9.78 Å². The smallest absolute Gasteiger partial charge is 0.321 e. The predicted octanol–water partition coefficient (Wildman–Crippen LogP) is 4.30. The van der Waals surface area contributed by atoms with Gasteiger partial charge in [0.15, 0.2) is 0 Å². The molecule has 29 heavy (non-hydrogen) atoms. The van der Waals surface area contributed by atoms with E-state index in [0.717, 1.165) is 37.1 Å². The minimum atomic E-state index is -0.271. The molecule has 7 heteroatoms. The molecule has 3 amide bonds. The second kappa shape index (κ2) is 8.34. The molecule has 2 aromatic heterocycles. The molecular weight excluding hydrogens is 366 g/mol. The van der Waals surface area contributed by atoms with Gasteiger partial charge in [0.05, 0.1) is 0 Å². The number of nitrogens with one attached hydrogen (secondary N) is 2. The highest BCUT2D eigenvalue weighted by molar-refractivity contribution is 6.03. The topological polar surface area (TPSA) is 78.7 Å². The lowest BCUT2D eigenvalue weighted by Gasteiger charge is -2.20. The molecule has 0 bridgehead atoms. The summed E-state index contributed by atoms with van der Waals surface area (Å²) < 4.78 is 1.82. The Morgan fingerprint density at radius 1 is 0.931 bits per heavy atom. The third-order valence-corrected chi connectivity index (χ3v) is 5.14. The number of benzene rings is 1. The van der Waals surface area contributed by atoms with E-state index in [4.69, 9.17) is 0 Å². The monoisotopic (exact) mass is 391 g/mol. The van der Waals surface area contributed by atoms with Crippen LogP contribution in [0.2, 0.25) is 0 Å². The average molecular weight is 391 g/mol. The predicted molar refractivity (Wildman–Crippen MR) is 113 cm³/mol. The number of imidazole rings is 1. The average Bonchev–Trinajstić information content (AvgIpc) is 2.94. The summed E-state index contributed by atoms with van der Waals surface area (Å²) in [6.45, 7) is 3.60. The number of urea groups is 1. The maximum atomic E-state index is 12.5. The van der Waals surface area contributed by atoms with Crippen LogP contribution in [-0.4, -0.2) is 39.3 Å². The number of hydrogen-bond donors (Lipinski definition) is 2. The van der Waals surface area contributed by atoms with Crippen molar-refractivity contribution in [1.29, 1.82) is 0 Å². The van der Waals surface area contributed by atoms with Gasteiger partial charge < -0.3 is 19.9 Å². The zero-order chi connectivity index (χ0) is 20.2. The van der Waals surface area contributed by atoms with E-state index in [1.165, 1.54) is 12.8 Å². The lowest BCUT2D eigenvalue weighted by molar-refractivity contribution is 0.102. The van der Waals surface area contributed by atoms with E-state index in [1.54, 1.807) is 30.5 Å². The van der Waals surface area contributed by atoms with Crippen molar-refractivity contribution >= 4 is 29.0 Å². The molecule has 1 aliphatic rings. The van der Waals surface area contributed by atoms with Gasteiger partial charge >= 0.3 is 6.03 Å². The fourth-order valence-electron chi connectivity index (χ4n) is 3.50. The van der Waals surface area contributed by atoms with E-state index >= 15 is 0 Å². The van der Waals surface area contributed by atoms with Crippen molar-refractivity contribution in [3.8, 4) is 0 Å². The van der Waals surface area contributed by atoms with E-state index in [1.807, 2.05) is 34.6 Å². The van der Waals surface area contributed by atoms with Crippen molar-refractivity contribution in [3.63, 3.8) is 0 Å². The molecule has 7 nitrogen and oxygen atoms in total. The molecular formula is C22H25N5O2. The van der Waals surface area contributed by atoms with Crippen molar-refractivity contribution in [2.24, 2.45) is 0 Å². The Hall–Kier alpha value is -3.35. The number of hydrogen-bond acceptors (Lipinski definition) is 3. The highest BCUT2D eigenvalue weighted by Crippen LogP contribution is 2.17. The van der Waals surface area contributed by atoms with Crippen LogP contribution in [0, 0.1) is 6.92 Å². The molecule has 150 valence electrons. The number of nitrogens with zero attached hydrogens (tertiary/aromatic N) is 3. The van der Waals surface area contributed by atoms with E-state index in [0.29, 0.717) is 17.1 Å². The van der Waals surface area contributed by atoms with Gasteiger partial charge in [-0.15, -0.1) is 0 Å². The third kappa shape index (κ3) is 4.56. The van der Waals surface area contributed by atoms with E-state index in [-0.39, 0.29) is 11.9 Å². The fourth-order valence-corrected chi connectivity index (χ4v) is 3.50. The third-order valence-electron chi connectivity index (χ3n) is 5.14. The van der Waals surface area contributed by atoms with Crippen LogP contribution >= 0.6 is 0 Å². The summed E-state index contributed by atoms with van der Waals surface area (Å²) in [5, 5.41) is 5.78. The first-order valence-corrected chi connectivity index (χ1v) is 10.0. The molecule has 0 atom stereocenters. The Morgan fingerprint density at radius 3 is 2.28 bits per heavy atom. The molecule has 1 saturated heterocycles. The van der Waals surface area contributed by atoms with Crippen molar-refractivity contribution < 1.29 is 9.59 Å². The number of likely N-dealkylation sites (tertiary alicyclic amines) is 1. The van der Waals surface area contributed by atoms with Crippen LogP contribution in [0.4, 0.5) is 16.2 Å². The summed E-state index contributed by atoms with van der Waals surface area (Å²) in [6.07, 6.45) is 8.08. The Labute approximate surface area is 169 Å². The molecule has 0 radical (unpaired) electrons. The molecule has 1 aliphatic heterocycles. The zero-order valence-electron chi connectivity index (χ0n) is 16.5. The van der Waals surface area contributed by atoms with Crippen LogP contribution in [0.25, 0.3) is 5.65 Å². The standard InChI is InChI=1S/C22H25N5O2/c1-16-10-13-27-15-19(25-20(27)14-16)21(28)23-17-6-8-18(9-7-17)24-22(29)26-11-4-2-3-5-12-26/h6-10,13-15H,2-5,11-12H2,1H3,(H,23,28)(H,24,29). The van der Waals surface area contributed by atoms with Gasteiger partial charge in [0, 0.05) is 36.9 Å². The van der Waals surface area contributed by atoms with Crippen molar-refractivity contribution in [1.82, 2.24) is 14.3 Å². The lowest BCUT2D eigenvalue weighted by Crippen LogP contribution is -2.35. The van der Waals surface area contributed by atoms with Crippen LogP contribution in [-0.2, 0) is 0 Å². The quantitative estimate of drug-likeness (QED) is 0.699. The number of rotatable bonds is 3. The summed E-state index contributed by atoms with van der Waals surface area (Å²) in [5.41, 5.74) is 3.54. The van der Waals surface area contributed by atoms with Crippen LogP contribution in [0.15, 0.2) is 48.8 Å². The first-order valence-electron chi connectivity index (χ1n) is 10.0. The number of aryl methyl sites for hydroxylation is 1. The molecule has 0 saturated carbocycles. The summed E-state index contributed by atoms with van der Waals surface area (Å²) in [4.78, 5) is 31.2. The number of fused-ring (bicyclic) bond motifs is 1. The number of aromatic nitrogens is 2. The van der Waals surface area contributed by atoms with E-state index in [9.17, 15) is 9.59 Å². The summed E-state index contributed by atoms with van der Waals surface area (Å²) in [5.74, 6) is -0.271. The summed E-state index contributed by atoms with van der Waals surface area (Å²) in [6, 6.07) is 11.0. The number of carbonyl (C=O) groups excluding carboxylic acids is 2. The van der Waals surface area contributed by atoms with Gasteiger partial charge in [-0.3, -0.25) is 4.79 Å². The second-order valence-electron chi connectivity index (χ2n) is 7.46. The minimum Gasteiger partial charge on any atom is -0.325 e.